The number of nitrogens with one attached hydrogen (secondary N) is 1. The topological polar surface area (TPSA) is 50.7 Å². The fraction of sp³-hybridized carbons (Fsp3) is 0.692. The standard InChI is InChI=1S/C13H21NO3S/c15-12(7-14-11-3-1-5-16-8-11)9-17-10-13-4-2-6-18-13/h2,4,6,11-12,14-15H,1,3,5,7-10H2. The van der Waals surface area contributed by atoms with Gasteiger partial charge < -0.3 is 19.9 Å². The minimum Gasteiger partial charge on any atom is -0.389 e. The molecule has 0 aliphatic carbocycles. The van der Waals surface area contributed by atoms with E-state index in [-0.39, 0.29) is 0 Å². The fourth-order valence-electron chi connectivity index (χ4n) is 1.95. The first-order chi connectivity index (χ1) is 8.84. The first-order valence-corrected chi connectivity index (χ1v) is 7.32. The molecule has 2 atom stereocenters. The van der Waals surface area contributed by atoms with Crippen molar-refractivity contribution >= 4 is 11.3 Å². The zero-order valence-electron chi connectivity index (χ0n) is 10.5. The van der Waals surface area contributed by atoms with Crippen molar-refractivity contribution in [3.05, 3.63) is 22.4 Å². The lowest BCUT2D eigenvalue weighted by Gasteiger charge is -2.24. The Labute approximate surface area is 112 Å². The Morgan fingerprint density at radius 3 is 3.28 bits per heavy atom. The molecule has 1 aromatic heterocycles. The Morgan fingerprint density at radius 2 is 2.56 bits per heavy atom. The van der Waals surface area contributed by atoms with Crippen molar-refractivity contribution in [3.63, 3.8) is 0 Å². The Bertz CT molecular complexity index is 312. The second-order valence-corrected chi connectivity index (χ2v) is 5.60. The highest BCUT2D eigenvalue weighted by Crippen LogP contribution is 2.09. The van der Waals surface area contributed by atoms with Crippen LogP contribution in [0.25, 0.3) is 0 Å². The van der Waals surface area contributed by atoms with Gasteiger partial charge in [-0.2, -0.15) is 0 Å². The third kappa shape index (κ3) is 5.04. The Kier molecular flexibility index (Phi) is 6.10. The Hall–Kier alpha value is -0.460. The summed E-state index contributed by atoms with van der Waals surface area (Å²) in [5, 5.41) is 15.1. The maximum absolute atomic E-state index is 9.78. The molecule has 1 aliphatic heterocycles. The number of hydrogen-bond acceptors (Lipinski definition) is 5. The van der Waals surface area contributed by atoms with Crippen LogP contribution in [0.3, 0.4) is 0 Å². The smallest absolute Gasteiger partial charge is 0.0897 e. The molecule has 2 N–H and O–H groups in total. The lowest BCUT2D eigenvalue weighted by Crippen LogP contribution is -2.41. The van der Waals surface area contributed by atoms with Gasteiger partial charge in [0.2, 0.25) is 0 Å². The van der Waals surface area contributed by atoms with Gasteiger partial charge in [-0.3, -0.25) is 0 Å². The summed E-state index contributed by atoms with van der Waals surface area (Å²) in [4.78, 5) is 1.19. The molecular weight excluding hydrogens is 250 g/mol. The maximum atomic E-state index is 9.78. The molecule has 0 spiro atoms. The number of aliphatic hydroxyl groups excluding tert-OH is 1. The molecule has 1 fully saturated rings. The Morgan fingerprint density at radius 1 is 1.61 bits per heavy atom. The van der Waals surface area contributed by atoms with E-state index in [1.54, 1.807) is 11.3 Å². The van der Waals surface area contributed by atoms with E-state index in [1.807, 2.05) is 17.5 Å². The molecule has 1 saturated heterocycles. The van der Waals surface area contributed by atoms with Crippen LogP contribution in [0.4, 0.5) is 0 Å². The number of rotatable bonds is 7. The quantitative estimate of drug-likeness (QED) is 0.787. The SMILES string of the molecule is OC(CNC1CCCOC1)COCc1cccs1. The number of aliphatic hydroxyl groups is 1. The zero-order chi connectivity index (χ0) is 12.6. The summed E-state index contributed by atoms with van der Waals surface area (Å²) in [6.45, 7) is 3.14. The first kappa shape index (κ1) is 14.0. The van der Waals surface area contributed by atoms with E-state index in [9.17, 15) is 5.11 Å². The van der Waals surface area contributed by atoms with Gasteiger partial charge in [0.15, 0.2) is 0 Å². The molecule has 0 aromatic carbocycles. The summed E-state index contributed by atoms with van der Waals surface area (Å²) in [5.74, 6) is 0. The van der Waals surface area contributed by atoms with Crippen LogP contribution in [0.1, 0.15) is 17.7 Å². The predicted molar refractivity (Wildman–Crippen MR) is 71.8 cm³/mol. The van der Waals surface area contributed by atoms with Crippen molar-refractivity contribution in [2.45, 2.75) is 31.6 Å². The van der Waals surface area contributed by atoms with E-state index >= 15 is 0 Å². The van der Waals surface area contributed by atoms with Crippen LogP contribution in [0.5, 0.6) is 0 Å². The lowest BCUT2D eigenvalue weighted by molar-refractivity contribution is 0.0212. The summed E-state index contributed by atoms with van der Waals surface area (Å²) in [7, 11) is 0. The molecule has 1 aliphatic rings. The van der Waals surface area contributed by atoms with Gasteiger partial charge in [-0.15, -0.1) is 11.3 Å². The van der Waals surface area contributed by atoms with Crippen LogP contribution in [0.15, 0.2) is 17.5 Å². The van der Waals surface area contributed by atoms with Gasteiger partial charge in [0.1, 0.15) is 0 Å². The molecule has 0 amide bonds. The summed E-state index contributed by atoms with van der Waals surface area (Å²) in [6.07, 6.45) is 1.78. The summed E-state index contributed by atoms with van der Waals surface area (Å²) < 4.78 is 10.8. The van der Waals surface area contributed by atoms with E-state index in [0.717, 1.165) is 26.1 Å². The molecule has 102 valence electrons. The molecule has 1 aromatic rings. The molecule has 2 rings (SSSR count). The fourth-order valence-corrected chi connectivity index (χ4v) is 2.59. The summed E-state index contributed by atoms with van der Waals surface area (Å²) >= 11 is 1.67. The highest BCUT2D eigenvalue weighted by atomic mass is 32.1. The van der Waals surface area contributed by atoms with Crippen LogP contribution < -0.4 is 5.32 Å². The number of thiophene rings is 1. The van der Waals surface area contributed by atoms with Crippen molar-refractivity contribution in [2.24, 2.45) is 0 Å². The molecule has 18 heavy (non-hydrogen) atoms. The van der Waals surface area contributed by atoms with Crippen molar-refractivity contribution in [3.8, 4) is 0 Å². The van der Waals surface area contributed by atoms with Crippen LogP contribution in [-0.4, -0.2) is 43.6 Å². The normalized spacial score (nSPS) is 21.9. The van der Waals surface area contributed by atoms with E-state index < -0.39 is 6.10 Å². The van der Waals surface area contributed by atoms with Gasteiger partial charge in [-0.05, 0) is 24.3 Å². The molecule has 4 nitrogen and oxygen atoms in total. The third-order valence-corrected chi connectivity index (χ3v) is 3.79. The zero-order valence-corrected chi connectivity index (χ0v) is 11.3. The average molecular weight is 271 g/mol. The van der Waals surface area contributed by atoms with Gasteiger partial charge in [0.05, 0.1) is 25.9 Å². The first-order valence-electron chi connectivity index (χ1n) is 6.44. The maximum Gasteiger partial charge on any atom is 0.0897 e. The Balaban J connectivity index is 1.53. The minimum absolute atomic E-state index is 0.373. The number of ether oxygens (including phenoxy) is 2. The van der Waals surface area contributed by atoms with Crippen LogP contribution in [0, 0.1) is 0 Å². The highest BCUT2D eigenvalue weighted by Gasteiger charge is 2.14. The van der Waals surface area contributed by atoms with Crippen molar-refractivity contribution in [1.29, 1.82) is 0 Å². The minimum atomic E-state index is -0.452. The molecule has 2 heterocycles. The van der Waals surface area contributed by atoms with Crippen molar-refractivity contribution in [1.82, 2.24) is 5.32 Å². The lowest BCUT2D eigenvalue weighted by atomic mass is 10.1. The second kappa shape index (κ2) is 7.86. The summed E-state index contributed by atoms with van der Waals surface area (Å²) in [6, 6.07) is 4.42. The predicted octanol–water partition coefficient (Wildman–Crippen LogP) is 1.39. The highest BCUT2D eigenvalue weighted by molar-refractivity contribution is 7.09. The van der Waals surface area contributed by atoms with Gasteiger partial charge in [-0.25, -0.2) is 0 Å². The molecule has 5 heteroatoms. The molecule has 0 bridgehead atoms. The van der Waals surface area contributed by atoms with E-state index in [0.29, 0.717) is 25.8 Å². The average Bonchev–Trinajstić information content (AvgIpc) is 2.91. The largest absolute Gasteiger partial charge is 0.389 e. The van der Waals surface area contributed by atoms with Crippen LogP contribution in [-0.2, 0) is 16.1 Å². The van der Waals surface area contributed by atoms with Gasteiger partial charge in [0.25, 0.3) is 0 Å². The van der Waals surface area contributed by atoms with Crippen molar-refractivity contribution in [2.75, 3.05) is 26.4 Å². The second-order valence-electron chi connectivity index (χ2n) is 4.57. The molecular formula is C13H21NO3S. The van der Waals surface area contributed by atoms with E-state index in [1.165, 1.54) is 4.88 Å². The third-order valence-electron chi connectivity index (χ3n) is 2.94. The molecule has 0 radical (unpaired) electrons. The van der Waals surface area contributed by atoms with Gasteiger partial charge >= 0.3 is 0 Å². The molecule has 2 unspecified atom stereocenters. The van der Waals surface area contributed by atoms with Gasteiger partial charge in [-0.1, -0.05) is 6.07 Å². The monoisotopic (exact) mass is 271 g/mol. The van der Waals surface area contributed by atoms with Crippen molar-refractivity contribution < 1.29 is 14.6 Å². The van der Waals surface area contributed by atoms with Crippen LogP contribution >= 0.6 is 11.3 Å². The summed E-state index contributed by atoms with van der Waals surface area (Å²) in [5.41, 5.74) is 0. The molecule has 0 saturated carbocycles. The number of hydrogen-bond donors (Lipinski definition) is 2. The van der Waals surface area contributed by atoms with E-state index in [2.05, 4.69) is 5.32 Å². The van der Waals surface area contributed by atoms with E-state index in [4.69, 9.17) is 9.47 Å². The van der Waals surface area contributed by atoms with Gasteiger partial charge in [0, 0.05) is 24.1 Å². The van der Waals surface area contributed by atoms with Crippen LogP contribution in [0.2, 0.25) is 0 Å².